The number of ether oxygens (including phenoxy) is 1. The maximum Gasteiger partial charge on any atom is 0.350 e. The van der Waals surface area contributed by atoms with Gasteiger partial charge in [-0.05, 0) is 13.0 Å². The van der Waals surface area contributed by atoms with Crippen molar-refractivity contribution in [2.24, 2.45) is 0 Å². The predicted molar refractivity (Wildman–Crippen MR) is 78.6 cm³/mol. The number of sulfonamides is 1. The molecule has 0 saturated heterocycles. The Balaban J connectivity index is 2.64. The van der Waals surface area contributed by atoms with Crippen LogP contribution in [0.4, 0.5) is 11.4 Å². The lowest BCUT2D eigenvalue weighted by Crippen LogP contribution is -2.11. The van der Waals surface area contributed by atoms with E-state index in [9.17, 15) is 13.2 Å². The van der Waals surface area contributed by atoms with Crippen molar-refractivity contribution >= 4 is 48.9 Å². The van der Waals surface area contributed by atoms with E-state index in [0.717, 1.165) is 17.6 Å². The molecule has 2 aromatic rings. The van der Waals surface area contributed by atoms with Crippen molar-refractivity contribution in [2.45, 2.75) is 6.92 Å². The number of anilines is 2. The molecule has 108 valence electrons. The predicted octanol–water partition coefficient (Wildman–Crippen LogP) is 1.35. The fourth-order valence-electron chi connectivity index (χ4n) is 1.68. The van der Waals surface area contributed by atoms with E-state index in [4.69, 9.17) is 5.73 Å². The molecule has 2 heterocycles. The highest BCUT2D eigenvalue weighted by molar-refractivity contribution is 7.92. The molecule has 0 saturated carbocycles. The second-order valence-corrected chi connectivity index (χ2v) is 6.93. The van der Waals surface area contributed by atoms with Crippen LogP contribution in [0.25, 0.3) is 10.2 Å². The van der Waals surface area contributed by atoms with Gasteiger partial charge in [0.25, 0.3) is 0 Å². The normalized spacial score (nSPS) is 11.6. The second-order valence-electron chi connectivity index (χ2n) is 4.18. The molecule has 0 unspecified atom stereocenters. The maximum atomic E-state index is 11.6. The van der Waals surface area contributed by atoms with Gasteiger partial charge in [0, 0.05) is 5.39 Å². The summed E-state index contributed by atoms with van der Waals surface area (Å²) in [6, 6.07) is 1.57. The third kappa shape index (κ3) is 2.68. The standard InChI is InChI=1S/C11H13N3O4S2/c1-5-7(14-20(3,16)17)4-6-8(12)9(11(15)18-2)19-10(6)13-5/h4,14H,12H2,1-3H3. The minimum absolute atomic E-state index is 0.237. The summed E-state index contributed by atoms with van der Waals surface area (Å²) in [7, 11) is -2.15. The zero-order valence-corrected chi connectivity index (χ0v) is 12.7. The number of fused-ring (bicyclic) bond motifs is 1. The summed E-state index contributed by atoms with van der Waals surface area (Å²) in [5.41, 5.74) is 6.96. The highest BCUT2D eigenvalue weighted by atomic mass is 32.2. The third-order valence-corrected chi connectivity index (χ3v) is 4.26. The number of aromatic nitrogens is 1. The van der Waals surface area contributed by atoms with Crippen LogP contribution in [-0.4, -0.2) is 32.7 Å². The Morgan fingerprint density at radius 3 is 2.70 bits per heavy atom. The lowest BCUT2D eigenvalue weighted by Gasteiger charge is -2.07. The van der Waals surface area contributed by atoms with E-state index < -0.39 is 16.0 Å². The number of hydrogen-bond donors (Lipinski definition) is 2. The quantitative estimate of drug-likeness (QED) is 0.827. The Hall–Kier alpha value is -1.87. The number of thiophene rings is 1. The van der Waals surface area contributed by atoms with Gasteiger partial charge in [0.2, 0.25) is 10.0 Å². The number of nitrogens with one attached hydrogen (secondary N) is 1. The summed E-state index contributed by atoms with van der Waals surface area (Å²) in [6.07, 6.45) is 1.05. The smallest absolute Gasteiger partial charge is 0.350 e. The number of rotatable bonds is 3. The van der Waals surface area contributed by atoms with Crippen LogP contribution in [0.1, 0.15) is 15.4 Å². The fraction of sp³-hybridized carbons (Fsp3) is 0.273. The first-order chi connectivity index (χ1) is 9.23. The molecule has 0 atom stereocenters. The molecule has 0 aliphatic heterocycles. The Morgan fingerprint density at radius 1 is 1.50 bits per heavy atom. The van der Waals surface area contributed by atoms with Crippen LogP contribution in [-0.2, 0) is 14.8 Å². The van der Waals surface area contributed by atoms with Crippen LogP contribution in [0.15, 0.2) is 6.07 Å². The molecule has 9 heteroatoms. The number of nitrogens with two attached hydrogens (primary N) is 1. The van der Waals surface area contributed by atoms with Gasteiger partial charge < -0.3 is 10.5 Å². The Kier molecular flexibility index (Phi) is 3.57. The average molecular weight is 315 g/mol. The lowest BCUT2D eigenvalue weighted by molar-refractivity contribution is 0.0607. The molecule has 2 rings (SSSR count). The summed E-state index contributed by atoms with van der Waals surface area (Å²) < 4.78 is 29.6. The number of aryl methyl sites for hydroxylation is 1. The van der Waals surface area contributed by atoms with Crippen LogP contribution in [0.2, 0.25) is 0 Å². The molecular formula is C11H13N3O4S2. The Morgan fingerprint density at radius 2 is 2.15 bits per heavy atom. The Labute approximate surface area is 119 Å². The lowest BCUT2D eigenvalue weighted by atomic mass is 10.2. The van der Waals surface area contributed by atoms with Crippen molar-refractivity contribution in [3.05, 3.63) is 16.6 Å². The van der Waals surface area contributed by atoms with Crippen molar-refractivity contribution in [1.82, 2.24) is 4.98 Å². The van der Waals surface area contributed by atoms with Crippen molar-refractivity contribution in [3.8, 4) is 0 Å². The van der Waals surface area contributed by atoms with E-state index in [-0.39, 0.29) is 10.6 Å². The largest absolute Gasteiger partial charge is 0.465 e. The van der Waals surface area contributed by atoms with Crippen molar-refractivity contribution < 1.29 is 17.9 Å². The SMILES string of the molecule is COC(=O)c1sc2nc(C)c(NS(C)(=O)=O)cc2c1N. The highest BCUT2D eigenvalue weighted by Gasteiger charge is 2.19. The summed E-state index contributed by atoms with van der Waals surface area (Å²) in [4.78, 5) is 16.6. The van der Waals surface area contributed by atoms with Gasteiger partial charge >= 0.3 is 5.97 Å². The van der Waals surface area contributed by atoms with Gasteiger partial charge in [-0.15, -0.1) is 11.3 Å². The molecule has 3 N–H and O–H groups in total. The fourth-order valence-corrected chi connectivity index (χ4v) is 3.32. The molecule has 0 aliphatic carbocycles. The molecular weight excluding hydrogens is 302 g/mol. The zero-order chi connectivity index (χ0) is 15.1. The Bertz CT molecular complexity index is 796. The van der Waals surface area contributed by atoms with Gasteiger partial charge in [0.1, 0.15) is 9.71 Å². The third-order valence-electron chi connectivity index (χ3n) is 2.58. The number of esters is 1. The summed E-state index contributed by atoms with van der Waals surface area (Å²) in [5.74, 6) is -0.541. The summed E-state index contributed by atoms with van der Waals surface area (Å²) >= 11 is 1.11. The molecule has 0 amide bonds. The van der Waals surface area contributed by atoms with E-state index >= 15 is 0 Å². The van der Waals surface area contributed by atoms with E-state index in [1.54, 1.807) is 13.0 Å². The molecule has 0 spiro atoms. The first kappa shape index (κ1) is 14.5. The number of methoxy groups -OCH3 is 1. The monoisotopic (exact) mass is 315 g/mol. The molecule has 0 radical (unpaired) electrons. The van der Waals surface area contributed by atoms with Gasteiger partial charge in [0.05, 0.1) is 30.4 Å². The molecule has 7 nitrogen and oxygen atoms in total. The number of hydrogen-bond acceptors (Lipinski definition) is 7. The van der Waals surface area contributed by atoms with Gasteiger partial charge in [-0.3, -0.25) is 4.72 Å². The number of carbonyl (C=O) groups is 1. The molecule has 0 aliphatic rings. The van der Waals surface area contributed by atoms with Gasteiger partial charge in [-0.25, -0.2) is 18.2 Å². The molecule has 20 heavy (non-hydrogen) atoms. The van der Waals surface area contributed by atoms with E-state index in [0.29, 0.717) is 21.6 Å². The summed E-state index contributed by atoms with van der Waals surface area (Å²) in [6.45, 7) is 1.67. The van der Waals surface area contributed by atoms with Crippen LogP contribution in [0.5, 0.6) is 0 Å². The number of nitrogen functional groups attached to an aromatic ring is 1. The summed E-state index contributed by atoms with van der Waals surface area (Å²) in [5, 5.41) is 0.521. The van der Waals surface area contributed by atoms with Crippen LogP contribution in [0, 0.1) is 6.92 Å². The van der Waals surface area contributed by atoms with Gasteiger partial charge in [0.15, 0.2) is 0 Å². The van der Waals surface area contributed by atoms with Gasteiger partial charge in [-0.2, -0.15) is 0 Å². The number of carbonyl (C=O) groups excluding carboxylic acids is 1. The van der Waals surface area contributed by atoms with E-state index in [1.165, 1.54) is 7.11 Å². The van der Waals surface area contributed by atoms with Crippen molar-refractivity contribution in [2.75, 3.05) is 23.8 Å². The van der Waals surface area contributed by atoms with Crippen LogP contribution < -0.4 is 10.5 Å². The minimum atomic E-state index is -3.41. The minimum Gasteiger partial charge on any atom is -0.465 e. The first-order valence-corrected chi connectivity index (χ1v) is 8.19. The number of nitrogens with zero attached hydrogens (tertiary/aromatic N) is 1. The average Bonchev–Trinajstić information content (AvgIpc) is 2.64. The van der Waals surface area contributed by atoms with Gasteiger partial charge in [-0.1, -0.05) is 0 Å². The highest BCUT2D eigenvalue weighted by Crippen LogP contribution is 2.35. The van der Waals surface area contributed by atoms with E-state index in [1.807, 2.05) is 0 Å². The molecule has 0 bridgehead atoms. The van der Waals surface area contributed by atoms with Crippen molar-refractivity contribution in [3.63, 3.8) is 0 Å². The molecule has 0 fully saturated rings. The molecule has 2 aromatic heterocycles. The molecule has 0 aromatic carbocycles. The van der Waals surface area contributed by atoms with E-state index in [2.05, 4.69) is 14.4 Å². The van der Waals surface area contributed by atoms with Crippen molar-refractivity contribution in [1.29, 1.82) is 0 Å². The van der Waals surface area contributed by atoms with Crippen LogP contribution in [0.3, 0.4) is 0 Å². The topological polar surface area (TPSA) is 111 Å². The maximum absolute atomic E-state index is 11.6. The number of pyridine rings is 1. The first-order valence-electron chi connectivity index (χ1n) is 5.48. The van der Waals surface area contributed by atoms with Crippen LogP contribution >= 0.6 is 11.3 Å². The second kappa shape index (κ2) is 4.91. The zero-order valence-electron chi connectivity index (χ0n) is 11.1.